The standard InChI is InChI=1S/C6H11O5/c7-1-4-6(10)5(9)3(8)2-11-4/h3,5-10H,1-2H2/t3-,5+,6+/m0/s1. The van der Waals surface area contributed by atoms with Gasteiger partial charge in [-0.2, -0.15) is 0 Å². The van der Waals surface area contributed by atoms with Crippen molar-refractivity contribution >= 4 is 0 Å². The van der Waals surface area contributed by atoms with Crippen LogP contribution in [0.4, 0.5) is 0 Å². The Morgan fingerprint density at radius 2 is 2.00 bits per heavy atom. The lowest BCUT2D eigenvalue weighted by Gasteiger charge is -2.33. The molecule has 0 bridgehead atoms. The first-order chi connectivity index (χ1) is 5.16. The van der Waals surface area contributed by atoms with Gasteiger partial charge in [0.2, 0.25) is 0 Å². The van der Waals surface area contributed by atoms with Crippen LogP contribution in [0, 0.1) is 6.10 Å². The van der Waals surface area contributed by atoms with Crippen LogP contribution in [0.5, 0.6) is 0 Å². The maximum Gasteiger partial charge on any atom is 0.153 e. The van der Waals surface area contributed by atoms with Crippen LogP contribution in [0.3, 0.4) is 0 Å². The molecule has 1 aliphatic rings. The predicted molar refractivity (Wildman–Crippen MR) is 34.3 cm³/mol. The van der Waals surface area contributed by atoms with E-state index in [0.29, 0.717) is 0 Å². The summed E-state index contributed by atoms with van der Waals surface area (Å²) in [6.07, 6.45) is -3.63. The Morgan fingerprint density at radius 3 is 2.55 bits per heavy atom. The van der Waals surface area contributed by atoms with E-state index in [-0.39, 0.29) is 12.7 Å². The molecule has 11 heavy (non-hydrogen) atoms. The van der Waals surface area contributed by atoms with Gasteiger partial charge in [-0.15, -0.1) is 0 Å². The first-order valence-electron chi connectivity index (χ1n) is 3.30. The highest BCUT2D eigenvalue weighted by molar-refractivity contribution is 4.98. The lowest BCUT2D eigenvalue weighted by Crippen LogP contribution is -2.50. The van der Waals surface area contributed by atoms with Crippen molar-refractivity contribution in [3.8, 4) is 0 Å². The molecule has 1 rings (SSSR count). The summed E-state index contributed by atoms with van der Waals surface area (Å²) in [5.41, 5.74) is 0. The SMILES string of the molecule is OC[C]1OC[C@H](O)[C@@H](O)[C@@H]1O. The van der Waals surface area contributed by atoms with Gasteiger partial charge in [0, 0.05) is 0 Å². The van der Waals surface area contributed by atoms with Gasteiger partial charge in [-0.25, -0.2) is 0 Å². The zero-order chi connectivity index (χ0) is 8.43. The molecule has 1 heterocycles. The molecule has 0 aliphatic carbocycles. The molecule has 3 atom stereocenters. The van der Waals surface area contributed by atoms with E-state index in [0.717, 1.165) is 0 Å². The van der Waals surface area contributed by atoms with E-state index < -0.39 is 24.9 Å². The van der Waals surface area contributed by atoms with Gasteiger partial charge in [-0.05, 0) is 0 Å². The third kappa shape index (κ3) is 1.69. The lowest BCUT2D eigenvalue weighted by atomic mass is 10.0. The van der Waals surface area contributed by atoms with Crippen molar-refractivity contribution in [1.29, 1.82) is 0 Å². The first kappa shape index (κ1) is 8.89. The monoisotopic (exact) mass is 163 g/mol. The van der Waals surface area contributed by atoms with E-state index in [1.54, 1.807) is 0 Å². The molecule has 1 fully saturated rings. The number of hydrogen-bond acceptors (Lipinski definition) is 5. The van der Waals surface area contributed by atoms with Crippen LogP contribution in [-0.4, -0.2) is 52.0 Å². The second kappa shape index (κ2) is 3.46. The number of hydrogen-bond donors (Lipinski definition) is 4. The molecule has 0 aromatic carbocycles. The average Bonchev–Trinajstić information content (AvgIpc) is 2.01. The van der Waals surface area contributed by atoms with Crippen LogP contribution in [0.15, 0.2) is 0 Å². The summed E-state index contributed by atoms with van der Waals surface area (Å²) in [5.74, 6) is 0. The van der Waals surface area contributed by atoms with Gasteiger partial charge in [0.25, 0.3) is 0 Å². The predicted octanol–water partition coefficient (Wildman–Crippen LogP) is -2.38. The molecule has 0 saturated carbocycles. The Morgan fingerprint density at radius 1 is 1.36 bits per heavy atom. The highest BCUT2D eigenvalue weighted by atomic mass is 16.5. The van der Waals surface area contributed by atoms with E-state index in [2.05, 4.69) is 0 Å². The number of rotatable bonds is 1. The van der Waals surface area contributed by atoms with E-state index in [1.807, 2.05) is 0 Å². The van der Waals surface area contributed by atoms with Crippen LogP contribution < -0.4 is 0 Å². The van der Waals surface area contributed by atoms with Gasteiger partial charge in [0.1, 0.15) is 18.3 Å². The minimum absolute atomic E-state index is 0.00259. The van der Waals surface area contributed by atoms with E-state index in [1.165, 1.54) is 0 Å². The Bertz CT molecular complexity index is 126. The van der Waals surface area contributed by atoms with Crippen LogP contribution in [-0.2, 0) is 4.74 Å². The van der Waals surface area contributed by atoms with Gasteiger partial charge in [0.05, 0.1) is 13.2 Å². The molecule has 65 valence electrons. The molecule has 4 N–H and O–H groups in total. The van der Waals surface area contributed by atoms with Crippen molar-refractivity contribution in [3.05, 3.63) is 6.10 Å². The summed E-state index contributed by atoms with van der Waals surface area (Å²) < 4.78 is 4.73. The quantitative estimate of drug-likeness (QED) is 0.346. The van der Waals surface area contributed by atoms with Crippen molar-refractivity contribution < 1.29 is 25.2 Å². The van der Waals surface area contributed by atoms with Crippen molar-refractivity contribution in [3.63, 3.8) is 0 Å². The summed E-state index contributed by atoms with van der Waals surface area (Å²) in [6, 6.07) is 0. The highest BCUT2D eigenvalue weighted by Crippen LogP contribution is 2.20. The fraction of sp³-hybridized carbons (Fsp3) is 0.833. The van der Waals surface area contributed by atoms with E-state index >= 15 is 0 Å². The average molecular weight is 163 g/mol. The summed E-state index contributed by atoms with van der Waals surface area (Å²) in [6.45, 7) is -0.529. The lowest BCUT2D eigenvalue weighted by molar-refractivity contribution is -0.153. The molecule has 1 aliphatic heterocycles. The Hall–Kier alpha value is -0.200. The maximum atomic E-state index is 9.08. The first-order valence-corrected chi connectivity index (χ1v) is 3.30. The summed E-state index contributed by atoms with van der Waals surface area (Å²) >= 11 is 0. The second-order valence-corrected chi connectivity index (χ2v) is 2.44. The van der Waals surface area contributed by atoms with Gasteiger partial charge >= 0.3 is 0 Å². The minimum atomic E-state index is -1.29. The van der Waals surface area contributed by atoms with Gasteiger partial charge in [0.15, 0.2) is 6.10 Å². The largest absolute Gasteiger partial charge is 0.393 e. The van der Waals surface area contributed by atoms with Crippen molar-refractivity contribution in [1.82, 2.24) is 0 Å². The van der Waals surface area contributed by atoms with E-state index in [9.17, 15) is 0 Å². The fourth-order valence-electron chi connectivity index (χ4n) is 0.916. The molecule has 0 aromatic rings. The topological polar surface area (TPSA) is 90.2 Å². The summed E-state index contributed by atoms with van der Waals surface area (Å²) in [4.78, 5) is 0. The zero-order valence-corrected chi connectivity index (χ0v) is 5.84. The number of ether oxygens (including phenoxy) is 1. The molecule has 1 saturated heterocycles. The summed E-state index contributed by atoms with van der Waals surface area (Å²) in [7, 11) is 0. The zero-order valence-electron chi connectivity index (χ0n) is 5.84. The molecule has 0 amide bonds. The number of aliphatic hydroxyl groups excluding tert-OH is 4. The van der Waals surface area contributed by atoms with Crippen molar-refractivity contribution in [2.75, 3.05) is 13.2 Å². The molecule has 5 heteroatoms. The summed E-state index contributed by atoms with van der Waals surface area (Å²) in [5, 5.41) is 35.6. The third-order valence-electron chi connectivity index (χ3n) is 1.64. The maximum absolute atomic E-state index is 9.08. The van der Waals surface area contributed by atoms with Crippen molar-refractivity contribution in [2.45, 2.75) is 18.3 Å². The smallest absolute Gasteiger partial charge is 0.153 e. The van der Waals surface area contributed by atoms with Crippen molar-refractivity contribution in [2.24, 2.45) is 0 Å². The Balaban J connectivity index is 2.52. The Kier molecular flexibility index (Phi) is 2.80. The molecule has 0 unspecified atom stereocenters. The number of aliphatic hydroxyl groups is 4. The van der Waals surface area contributed by atoms with Crippen LogP contribution in [0.25, 0.3) is 0 Å². The van der Waals surface area contributed by atoms with Gasteiger partial charge in [-0.1, -0.05) is 0 Å². The van der Waals surface area contributed by atoms with Crippen LogP contribution in [0.1, 0.15) is 0 Å². The molecule has 0 aromatic heterocycles. The minimum Gasteiger partial charge on any atom is -0.393 e. The van der Waals surface area contributed by atoms with Gasteiger partial charge < -0.3 is 25.2 Å². The van der Waals surface area contributed by atoms with E-state index in [4.69, 9.17) is 25.2 Å². The van der Waals surface area contributed by atoms with Gasteiger partial charge in [-0.3, -0.25) is 0 Å². The molecule has 5 nitrogen and oxygen atoms in total. The molecular weight excluding hydrogens is 152 g/mol. The third-order valence-corrected chi connectivity index (χ3v) is 1.64. The second-order valence-electron chi connectivity index (χ2n) is 2.44. The highest BCUT2D eigenvalue weighted by Gasteiger charge is 2.37. The van der Waals surface area contributed by atoms with Crippen LogP contribution >= 0.6 is 0 Å². The Labute approximate surface area is 63.8 Å². The molecular formula is C6H11O5. The molecule has 1 radical (unpaired) electrons. The normalized spacial score (nSPS) is 40.9. The fourth-order valence-corrected chi connectivity index (χ4v) is 0.916. The van der Waals surface area contributed by atoms with Crippen LogP contribution in [0.2, 0.25) is 0 Å². The molecule has 0 spiro atoms.